The van der Waals surface area contributed by atoms with Gasteiger partial charge >= 0.3 is 0 Å². The van der Waals surface area contributed by atoms with Gasteiger partial charge in [0, 0.05) is 19.1 Å². The Morgan fingerprint density at radius 3 is 2.28 bits per heavy atom. The van der Waals surface area contributed by atoms with Crippen LogP contribution in [0.5, 0.6) is 11.5 Å². The average Bonchev–Trinajstić information content (AvgIpc) is 2.58. The standard InChI is InChI=1S/C19H34N4O4S.HI/c1-8-26-16-11-10-15(12-17(16)27-9-2)14(3)22-18(20-6)21-13-19(4,5)23-28(7,24)25;/h10-12,14,23H,8-9,13H2,1-7H3,(H2,20,21,22);1H. The molecule has 0 aromatic heterocycles. The summed E-state index contributed by atoms with van der Waals surface area (Å²) in [5.41, 5.74) is 0.360. The molecule has 1 rings (SSSR count). The van der Waals surface area contributed by atoms with Crippen molar-refractivity contribution in [1.29, 1.82) is 0 Å². The van der Waals surface area contributed by atoms with Crippen molar-refractivity contribution in [2.45, 2.75) is 46.2 Å². The maximum absolute atomic E-state index is 11.5. The van der Waals surface area contributed by atoms with E-state index in [0.717, 1.165) is 17.6 Å². The van der Waals surface area contributed by atoms with Gasteiger partial charge in [-0.05, 0) is 52.3 Å². The first-order chi connectivity index (χ1) is 13.0. The number of aliphatic imine (C=N–C) groups is 1. The highest BCUT2D eigenvalue weighted by Crippen LogP contribution is 2.30. The number of halogens is 1. The zero-order valence-electron chi connectivity index (χ0n) is 18.3. The van der Waals surface area contributed by atoms with Crippen molar-refractivity contribution in [3.8, 4) is 11.5 Å². The van der Waals surface area contributed by atoms with Gasteiger partial charge in [0.15, 0.2) is 17.5 Å². The highest BCUT2D eigenvalue weighted by Gasteiger charge is 2.22. The van der Waals surface area contributed by atoms with E-state index in [-0.39, 0.29) is 30.0 Å². The Morgan fingerprint density at radius 2 is 1.76 bits per heavy atom. The normalized spacial score (nSPS) is 13.3. The van der Waals surface area contributed by atoms with Gasteiger partial charge in [0.25, 0.3) is 0 Å². The van der Waals surface area contributed by atoms with E-state index in [9.17, 15) is 8.42 Å². The third-order valence-electron chi connectivity index (χ3n) is 3.80. The van der Waals surface area contributed by atoms with Gasteiger partial charge in [0.05, 0.1) is 25.5 Å². The van der Waals surface area contributed by atoms with Crippen LogP contribution in [0.2, 0.25) is 0 Å². The molecule has 0 fully saturated rings. The van der Waals surface area contributed by atoms with E-state index in [1.807, 2.05) is 39.0 Å². The smallest absolute Gasteiger partial charge is 0.209 e. The van der Waals surface area contributed by atoms with Crippen LogP contribution in [0.4, 0.5) is 0 Å². The van der Waals surface area contributed by atoms with E-state index in [2.05, 4.69) is 20.3 Å². The summed E-state index contributed by atoms with van der Waals surface area (Å²) in [6.07, 6.45) is 1.14. The Morgan fingerprint density at radius 1 is 1.17 bits per heavy atom. The Hall–Kier alpha value is -1.27. The van der Waals surface area contributed by atoms with Gasteiger partial charge in [-0.1, -0.05) is 6.07 Å². The van der Waals surface area contributed by atoms with Crippen molar-refractivity contribution < 1.29 is 17.9 Å². The van der Waals surface area contributed by atoms with E-state index in [1.54, 1.807) is 20.9 Å². The van der Waals surface area contributed by atoms with Crippen molar-refractivity contribution in [2.75, 3.05) is 33.1 Å². The highest BCUT2D eigenvalue weighted by molar-refractivity contribution is 14.0. The number of nitrogens with one attached hydrogen (secondary N) is 3. The molecule has 0 aliphatic heterocycles. The summed E-state index contributed by atoms with van der Waals surface area (Å²) in [7, 11) is -1.63. The van der Waals surface area contributed by atoms with Crippen LogP contribution in [0.1, 0.15) is 46.2 Å². The van der Waals surface area contributed by atoms with Gasteiger partial charge < -0.3 is 20.1 Å². The van der Waals surface area contributed by atoms with Crippen molar-refractivity contribution in [2.24, 2.45) is 4.99 Å². The molecule has 0 aliphatic rings. The van der Waals surface area contributed by atoms with Crippen LogP contribution in [0.25, 0.3) is 0 Å². The second kappa shape index (κ2) is 12.4. The number of rotatable bonds is 10. The van der Waals surface area contributed by atoms with Crippen LogP contribution in [-0.2, 0) is 10.0 Å². The molecule has 0 heterocycles. The first kappa shape index (κ1) is 27.7. The summed E-state index contributed by atoms with van der Waals surface area (Å²) in [4.78, 5) is 4.22. The van der Waals surface area contributed by atoms with Crippen molar-refractivity contribution in [1.82, 2.24) is 15.4 Å². The van der Waals surface area contributed by atoms with Crippen molar-refractivity contribution in [3.05, 3.63) is 23.8 Å². The predicted octanol–water partition coefficient (Wildman–Crippen LogP) is 2.66. The first-order valence-corrected chi connectivity index (χ1v) is 11.3. The third kappa shape index (κ3) is 10.4. The average molecular weight is 542 g/mol. The maximum Gasteiger partial charge on any atom is 0.209 e. The lowest BCUT2D eigenvalue weighted by Gasteiger charge is -2.27. The fourth-order valence-electron chi connectivity index (χ4n) is 2.66. The number of ether oxygens (including phenoxy) is 2. The molecule has 1 aromatic carbocycles. The molecule has 0 saturated heterocycles. The van der Waals surface area contributed by atoms with E-state index in [0.29, 0.717) is 31.5 Å². The molecule has 1 aromatic rings. The molecule has 0 aliphatic carbocycles. The topological polar surface area (TPSA) is 101 Å². The second-order valence-corrected chi connectivity index (χ2v) is 8.87. The van der Waals surface area contributed by atoms with Crippen LogP contribution in [0.3, 0.4) is 0 Å². The molecular weight excluding hydrogens is 507 g/mol. The predicted molar refractivity (Wildman–Crippen MR) is 129 cm³/mol. The molecule has 10 heteroatoms. The van der Waals surface area contributed by atoms with Crippen LogP contribution >= 0.6 is 24.0 Å². The number of sulfonamides is 1. The molecular formula is C19H35IN4O4S. The number of nitrogens with zero attached hydrogens (tertiary/aromatic N) is 1. The number of hydrogen-bond donors (Lipinski definition) is 3. The number of guanidine groups is 1. The van der Waals surface area contributed by atoms with Crippen LogP contribution in [0, 0.1) is 0 Å². The summed E-state index contributed by atoms with van der Waals surface area (Å²) in [5.74, 6) is 2.00. The zero-order valence-corrected chi connectivity index (χ0v) is 21.5. The van der Waals surface area contributed by atoms with Gasteiger partial charge in [0.1, 0.15) is 0 Å². The van der Waals surface area contributed by atoms with Gasteiger partial charge in [0.2, 0.25) is 10.0 Å². The number of hydrogen-bond acceptors (Lipinski definition) is 5. The molecule has 0 amide bonds. The molecule has 8 nitrogen and oxygen atoms in total. The Kier molecular flexibility index (Phi) is 11.9. The first-order valence-electron chi connectivity index (χ1n) is 9.37. The van der Waals surface area contributed by atoms with E-state index < -0.39 is 15.6 Å². The molecule has 29 heavy (non-hydrogen) atoms. The summed E-state index contributed by atoms with van der Waals surface area (Å²) >= 11 is 0. The minimum Gasteiger partial charge on any atom is -0.490 e. The lowest BCUT2D eigenvalue weighted by Crippen LogP contribution is -2.53. The molecule has 1 unspecified atom stereocenters. The van der Waals surface area contributed by atoms with Gasteiger partial charge in [-0.2, -0.15) is 0 Å². The van der Waals surface area contributed by atoms with Gasteiger partial charge in [-0.25, -0.2) is 13.1 Å². The maximum atomic E-state index is 11.5. The summed E-state index contributed by atoms with van der Waals surface area (Å²) in [6, 6.07) is 5.78. The minimum absolute atomic E-state index is 0. The minimum atomic E-state index is -3.30. The zero-order chi connectivity index (χ0) is 21.4. The highest BCUT2D eigenvalue weighted by atomic mass is 127. The summed E-state index contributed by atoms with van der Waals surface area (Å²) in [6.45, 7) is 11.0. The summed E-state index contributed by atoms with van der Waals surface area (Å²) in [5, 5.41) is 6.46. The third-order valence-corrected chi connectivity index (χ3v) is 4.73. The monoisotopic (exact) mass is 542 g/mol. The molecule has 0 radical (unpaired) electrons. The van der Waals surface area contributed by atoms with E-state index in [4.69, 9.17) is 9.47 Å². The lowest BCUT2D eigenvalue weighted by molar-refractivity contribution is 0.287. The molecule has 1 atom stereocenters. The Labute approximate surface area is 192 Å². The number of benzene rings is 1. The van der Waals surface area contributed by atoms with Crippen molar-refractivity contribution >= 4 is 40.0 Å². The Balaban J connectivity index is 0.00000784. The van der Waals surface area contributed by atoms with Gasteiger partial charge in [-0.3, -0.25) is 4.99 Å². The Bertz CT molecular complexity index is 769. The molecule has 0 saturated carbocycles. The van der Waals surface area contributed by atoms with E-state index in [1.165, 1.54) is 0 Å². The SMILES string of the molecule is CCOc1ccc(C(C)NC(=NC)NCC(C)(C)NS(C)(=O)=O)cc1OCC.I. The fraction of sp³-hybridized carbons (Fsp3) is 0.632. The molecule has 3 N–H and O–H groups in total. The van der Waals surface area contributed by atoms with Crippen LogP contribution in [0.15, 0.2) is 23.2 Å². The largest absolute Gasteiger partial charge is 0.490 e. The summed E-state index contributed by atoms with van der Waals surface area (Å²) < 4.78 is 36.8. The molecule has 0 spiro atoms. The van der Waals surface area contributed by atoms with Gasteiger partial charge in [-0.15, -0.1) is 24.0 Å². The lowest BCUT2D eigenvalue weighted by atomic mass is 10.1. The molecule has 168 valence electrons. The second-order valence-electron chi connectivity index (χ2n) is 7.12. The quantitative estimate of drug-likeness (QED) is 0.239. The van der Waals surface area contributed by atoms with Crippen LogP contribution in [-0.4, -0.2) is 53.0 Å². The fourth-order valence-corrected chi connectivity index (χ4v) is 3.74. The molecule has 0 bridgehead atoms. The van der Waals surface area contributed by atoms with E-state index >= 15 is 0 Å². The van der Waals surface area contributed by atoms with Crippen molar-refractivity contribution in [3.63, 3.8) is 0 Å². The van der Waals surface area contributed by atoms with Crippen LogP contribution < -0.4 is 24.8 Å².